The smallest absolute Gasteiger partial charge is 0.0576 e. The van der Waals surface area contributed by atoms with E-state index in [1.54, 1.807) is 0 Å². The fourth-order valence-electron chi connectivity index (χ4n) is 2.78. The lowest BCUT2D eigenvalue weighted by atomic mass is 9.90. The lowest BCUT2D eigenvalue weighted by Crippen LogP contribution is -2.31. The summed E-state index contributed by atoms with van der Waals surface area (Å²) in [6, 6.07) is 4.74. The Morgan fingerprint density at radius 2 is 2.22 bits per heavy atom. The first-order valence-electron chi connectivity index (χ1n) is 7.00. The average molecular weight is 248 g/mol. The van der Waals surface area contributed by atoms with E-state index in [2.05, 4.69) is 36.4 Å². The predicted octanol–water partition coefficient (Wildman–Crippen LogP) is 2.73. The maximum absolute atomic E-state index is 5.70. The summed E-state index contributed by atoms with van der Waals surface area (Å²) in [4.78, 5) is 4.08. The molecule has 1 aromatic rings. The minimum atomic E-state index is 0.491. The first-order valence-corrected chi connectivity index (χ1v) is 7.00. The van der Waals surface area contributed by atoms with Crippen molar-refractivity contribution in [3.63, 3.8) is 0 Å². The van der Waals surface area contributed by atoms with Gasteiger partial charge in [0, 0.05) is 25.0 Å². The van der Waals surface area contributed by atoms with Gasteiger partial charge in [0.2, 0.25) is 0 Å². The van der Waals surface area contributed by atoms with Gasteiger partial charge in [-0.2, -0.15) is 0 Å². The van der Waals surface area contributed by atoms with E-state index in [1.165, 1.54) is 31.2 Å². The molecule has 1 fully saturated rings. The molecular weight excluding hydrogens is 224 g/mol. The molecule has 1 aliphatic heterocycles. The average Bonchev–Trinajstić information content (AvgIpc) is 2.93. The zero-order valence-corrected chi connectivity index (χ0v) is 11.4. The minimum Gasteiger partial charge on any atom is -0.378 e. The molecule has 0 bridgehead atoms. The summed E-state index contributed by atoms with van der Waals surface area (Å²) >= 11 is 0. The van der Waals surface area contributed by atoms with Crippen LogP contribution in [0.5, 0.6) is 0 Å². The number of hydrogen-bond acceptors (Lipinski definition) is 3. The Bertz CT molecular complexity index is 336. The van der Waals surface area contributed by atoms with Gasteiger partial charge in [0.15, 0.2) is 0 Å². The first kappa shape index (κ1) is 13.5. The second-order valence-electron chi connectivity index (χ2n) is 5.18. The zero-order valence-electron chi connectivity index (χ0n) is 11.4. The maximum atomic E-state index is 5.70. The van der Waals surface area contributed by atoms with Gasteiger partial charge in [-0.3, -0.25) is 4.98 Å². The van der Waals surface area contributed by atoms with Crippen LogP contribution in [-0.4, -0.2) is 30.8 Å². The van der Waals surface area contributed by atoms with Crippen molar-refractivity contribution >= 4 is 0 Å². The van der Waals surface area contributed by atoms with Crippen molar-refractivity contribution in [2.45, 2.75) is 50.7 Å². The third kappa shape index (κ3) is 3.53. The first-order chi connectivity index (χ1) is 8.81. The van der Waals surface area contributed by atoms with Crippen LogP contribution in [0.2, 0.25) is 0 Å². The third-order valence-electron chi connectivity index (χ3n) is 4.03. The summed E-state index contributed by atoms with van der Waals surface area (Å²) < 4.78 is 5.70. The molecule has 3 unspecified atom stereocenters. The highest BCUT2D eigenvalue weighted by atomic mass is 16.5. The van der Waals surface area contributed by atoms with E-state index < -0.39 is 0 Å². The Hall–Kier alpha value is -0.930. The van der Waals surface area contributed by atoms with E-state index in [1.807, 2.05) is 12.4 Å². The highest BCUT2D eigenvalue weighted by Crippen LogP contribution is 2.24. The van der Waals surface area contributed by atoms with E-state index >= 15 is 0 Å². The van der Waals surface area contributed by atoms with E-state index in [9.17, 15) is 0 Å². The number of rotatable bonds is 6. The van der Waals surface area contributed by atoms with Crippen molar-refractivity contribution in [3.05, 3.63) is 30.1 Å². The Morgan fingerprint density at radius 1 is 1.44 bits per heavy atom. The maximum Gasteiger partial charge on any atom is 0.0576 e. The van der Waals surface area contributed by atoms with Crippen LogP contribution in [0.3, 0.4) is 0 Å². The van der Waals surface area contributed by atoms with Gasteiger partial charge >= 0.3 is 0 Å². The lowest BCUT2D eigenvalue weighted by molar-refractivity contribution is 0.0991. The molecule has 2 rings (SSSR count). The molecule has 0 saturated carbocycles. The molecule has 3 atom stereocenters. The van der Waals surface area contributed by atoms with Gasteiger partial charge in [0.05, 0.1) is 6.10 Å². The van der Waals surface area contributed by atoms with E-state index in [-0.39, 0.29) is 0 Å². The summed E-state index contributed by atoms with van der Waals surface area (Å²) in [7, 11) is 2.05. The van der Waals surface area contributed by atoms with Gasteiger partial charge in [-0.25, -0.2) is 0 Å². The molecule has 2 heterocycles. The summed E-state index contributed by atoms with van der Waals surface area (Å²) in [5.41, 5.74) is 1.36. The number of nitrogens with one attached hydrogen (secondary N) is 1. The van der Waals surface area contributed by atoms with Gasteiger partial charge in [0.1, 0.15) is 0 Å². The van der Waals surface area contributed by atoms with Crippen molar-refractivity contribution in [1.82, 2.24) is 10.3 Å². The van der Waals surface area contributed by atoms with Crippen molar-refractivity contribution in [3.8, 4) is 0 Å². The van der Waals surface area contributed by atoms with Gasteiger partial charge in [-0.1, -0.05) is 6.92 Å². The molecule has 3 nitrogen and oxygen atoms in total. The number of ether oxygens (including phenoxy) is 1. The predicted molar refractivity (Wildman–Crippen MR) is 73.7 cm³/mol. The number of pyridine rings is 1. The molecule has 18 heavy (non-hydrogen) atoms. The molecule has 0 radical (unpaired) electrons. The highest BCUT2D eigenvalue weighted by Gasteiger charge is 2.21. The van der Waals surface area contributed by atoms with Crippen LogP contribution in [0.25, 0.3) is 0 Å². The van der Waals surface area contributed by atoms with Crippen LogP contribution in [0.15, 0.2) is 24.5 Å². The third-order valence-corrected chi connectivity index (χ3v) is 4.03. The molecule has 3 heteroatoms. The van der Waals surface area contributed by atoms with Crippen LogP contribution >= 0.6 is 0 Å². The highest BCUT2D eigenvalue weighted by molar-refractivity contribution is 5.17. The molecule has 1 saturated heterocycles. The van der Waals surface area contributed by atoms with Crippen molar-refractivity contribution in [2.24, 2.45) is 0 Å². The SMILES string of the molecule is CNC(CCC1CCCO1)C(C)c1ccncc1. The fourth-order valence-corrected chi connectivity index (χ4v) is 2.78. The number of hydrogen-bond donors (Lipinski definition) is 1. The van der Waals surface area contributed by atoms with Gasteiger partial charge in [-0.15, -0.1) is 0 Å². The molecule has 1 aliphatic rings. The molecule has 0 aromatic carbocycles. The minimum absolute atomic E-state index is 0.491. The molecule has 1 N–H and O–H groups in total. The standard InChI is InChI=1S/C15H24N2O/c1-12(13-7-9-17-10-8-13)15(16-2)6-5-14-4-3-11-18-14/h7-10,12,14-16H,3-6,11H2,1-2H3. The Labute approximate surface area is 110 Å². The number of nitrogens with zero attached hydrogens (tertiary/aromatic N) is 1. The quantitative estimate of drug-likeness (QED) is 0.840. The monoisotopic (exact) mass is 248 g/mol. The summed E-state index contributed by atoms with van der Waals surface area (Å²) in [5, 5.41) is 3.45. The Balaban J connectivity index is 1.87. The molecular formula is C15H24N2O. The molecule has 1 aromatic heterocycles. The van der Waals surface area contributed by atoms with E-state index in [4.69, 9.17) is 4.74 Å². The Morgan fingerprint density at radius 3 is 2.83 bits per heavy atom. The molecule has 0 spiro atoms. The van der Waals surface area contributed by atoms with Crippen LogP contribution in [0.1, 0.15) is 44.1 Å². The van der Waals surface area contributed by atoms with Crippen LogP contribution < -0.4 is 5.32 Å². The molecule has 0 amide bonds. The van der Waals surface area contributed by atoms with E-state index in [0.717, 1.165) is 6.61 Å². The van der Waals surface area contributed by atoms with Gasteiger partial charge < -0.3 is 10.1 Å². The van der Waals surface area contributed by atoms with Crippen molar-refractivity contribution < 1.29 is 4.74 Å². The van der Waals surface area contributed by atoms with E-state index in [0.29, 0.717) is 18.1 Å². The largest absolute Gasteiger partial charge is 0.378 e. The molecule has 0 aliphatic carbocycles. The van der Waals surface area contributed by atoms with Crippen LogP contribution in [0, 0.1) is 0 Å². The number of likely N-dealkylation sites (N-methyl/N-ethyl adjacent to an activating group) is 1. The lowest BCUT2D eigenvalue weighted by Gasteiger charge is -2.25. The molecule has 100 valence electrons. The fraction of sp³-hybridized carbons (Fsp3) is 0.667. The number of aromatic nitrogens is 1. The summed E-state index contributed by atoms with van der Waals surface area (Å²) in [6.07, 6.45) is 9.04. The van der Waals surface area contributed by atoms with Crippen molar-refractivity contribution in [2.75, 3.05) is 13.7 Å². The summed E-state index contributed by atoms with van der Waals surface area (Å²) in [6.45, 7) is 3.24. The van der Waals surface area contributed by atoms with Gasteiger partial charge in [-0.05, 0) is 56.3 Å². The van der Waals surface area contributed by atoms with Crippen molar-refractivity contribution in [1.29, 1.82) is 0 Å². The van der Waals surface area contributed by atoms with Crippen LogP contribution in [0.4, 0.5) is 0 Å². The second kappa shape index (κ2) is 6.86. The Kier molecular flexibility index (Phi) is 5.14. The summed E-state index contributed by atoms with van der Waals surface area (Å²) in [5.74, 6) is 0.513. The normalized spacial score (nSPS) is 22.9. The second-order valence-corrected chi connectivity index (χ2v) is 5.18. The van der Waals surface area contributed by atoms with Crippen LogP contribution in [-0.2, 0) is 4.74 Å². The topological polar surface area (TPSA) is 34.1 Å². The zero-order chi connectivity index (χ0) is 12.8. The van der Waals surface area contributed by atoms with Gasteiger partial charge in [0.25, 0.3) is 0 Å².